The van der Waals surface area contributed by atoms with Gasteiger partial charge in [0.25, 0.3) is 0 Å². The molecule has 0 saturated carbocycles. The molecule has 0 aromatic rings. The van der Waals surface area contributed by atoms with Gasteiger partial charge >= 0.3 is 35.8 Å². The highest BCUT2D eigenvalue weighted by Gasteiger charge is 2.90. The molecule has 0 aliphatic rings. The van der Waals surface area contributed by atoms with Crippen molar-refractivity contribution in [2.75, 3.05) is 0 Å². The largest absolute Gasteiger partial charge is 0.460 e. The van der Waals surface area contributed by atoms with E-state index in [0.29, 0.717) is 5.38 Å². The molecule has 0 saturated heterocycles. The van der Waals surface area contributed by atoms with Gasteiger partial charge in [-0.3, -0.25) is 0 Å². The third-order valence-electron chi connectivity index (χ3n) is 2.14. The van der Waals surface area contributed by atoms with Crippen molar-refractivity contribution >= 4 is 11.6 Å². The molecule has 0 heterocycles. The molecule has 0 unspecified atom stereocenters. The topological polar surface area (TPSA) is 0 Å². The second-order valence-electron chi connectivity index (χ2n) is 3.59. The summed E-state index contributed by atoms with van der Waals surface area (Å²) in [6, 6.07) is 0. The van der Waals surface area contributed by atoms with E-state index in [4.69, 9.17) is 0 Å². The molecule has 0 aliphatic carbocycles. The van der Waals surface area contributed by atoms with Crippen molar-refractivity contribution in [1.29, 1.82) is 0 Å². The molecular weight excluding hydrogens is 379 g/mol. The van der Waals surface area contributed by atoms with E-state index in [0.717, 1.165) is 0 Å². The molecule has 0 bridgehead atoms. The van der Waals surface area contributed by atoms with Gasteiger partial charge in [0.05, 0.1) is 0 Å². The highest BCUT2D eigenvalue weighted by Crippen LogP contribution is 2.60. The van der Waals surface area contributed by atoms with Crippen molar-refractivity contribution in [2.24, 2.45) is 0 Å². The van der Waals surface area contributed by atoms with Crippen LogP contribution in [0.2, 0.25) is 0 Å². The zero-order chi connectivity index (χ0) is 18.4. The van der Waals surface area contributed by atoms with E-state index in [9.17, 15) is 57.1 Å². The Morgan fingerprint density at radius 3 is 1.09 bits per heavy atom. The summed E-state index contributed by atoms with van der Waals surface area (Å²) in [5, 5.41) is 0.411. The molecule has 0 atom stereocenters. The van der Waals surface area contributed by atoms with Crippen LogP contribution in [-0.2, 0) is 0 Å². The van der Waals surface area contributed by atoms with E-state index in [2.05, 4.69) is 11.6 Å². The van der Waals surface area contributed by atoms with Crippen LogP contribution in [0.25, 0.3) is 0 Å². The van der Waals surface area contributed by atoms with Crippen LogP contribution in [-0.4, -0.2) is 35.8 Å². The fraction of sp³-hybridized carbons (Fsp3) is 0.750. The molecule has 0 aromatic heterocycles. The van der Waals surface area contributed by atoms with Crippen LogP contribution >= 0.6 is 11.6 Å². The Kier molecular flexibility index (Phi) is 4.99. The molecule has 0 fully saturated rings. The van der Waals surface area contributed by atoms with Gasteiger partial charge in [-0.25, -0.2) is 0 Å². The molecule has 22 heavy (non-hydrogen) atoms. The Hall–Kier alpha value is -1.06. The summed E-state index contributed by atoms with van der Waals surface area (Å²) >= 11 is 4.18. The minimum absolute atomic E-state index is 0.177. The number of rotatable bonds is 4. The minimum Gasteiger partial charge on any atom is -0.192 e. The van der Waals surface area contributed by atoms with E-state index in [1.807, 2.05) is 0 Å². The predicted octanol–water partition coefficient (Wildman–Crippen LogP) is 4.92. The highest BCUT2D eigenvalue weighted by atomic mass is 35.5. The van der Waals surface area contributed by atoms with Gasteiger partial charge in [0.1, 0.15) is 0 Å². The Bertz CT molecular complexity index is 476. The summed E-state index contributed by atoms with van der Waals surface area (Å²) in [6.45, 7) is 0. The Labute approximate surface area is 117 Å². The number of hydrogen-bond acceptors (Lipinski definition) is 0. The average Bonchev–Trinajstić information content (AvgIpc) is 2.26. The normalized spacial score (nSPS) is 15.4. The second kappa shape index (κ2) is 5.24. The van der Waals surface area contributed by atoms with Crippen molar-refractivity contribution in [3.8, 4) is 11.3 Å². The van der Waals surface area contributed by atoms with Crippen LogP contribution in [0.15, 0.2) is 0 Å². The minimum atomic E-state index is -7.92. The van der Waals surface area contributed by atoms with Gasteiger partial charge in [0, 0.05) is 5.38 Å². The van der Waals surface area contributed by atoms with Crippen LogP contribution in [0.5, 0.6) is 0 Å². The van der Waals surface area contributed by atoms with Crippen molar-refractivity contribution in [3.63, 3.8) is 0 Å². The first-order chi connectivity index (χ1) is 9.31. The van der Waals surface area contributed by atoms with Gasteiger partial charge in [-0.15, -0.1) is 0 Å². The number of halogens is 14. The van der Waals surface area contributed by atoms with Crippen LogP contribution < -0.4 is 0 Å². The summed E-state index contributed by atoms with van der Waals surface area (Å²) in [5.41, 5.74) is 0. The van der Waals surface area contributed by atoms with Gasteiger partial charge in [-0.05, 0) is 17.5 Å². The first kappa shape index (κ1) is 20.9. The summed E-state index contributed by atoms with van der Waals surface area (Å²) in [5.74, 6) is -37.5. The highest BCUT2D eigenvalue weighted by molar-refractivity contribution is 6.30. The number of alkyl halides is 13. The molecular formula is C8ClF13. The quantitative estimate of drug-likeness (QED) is 0.481. The van der Waals surface area contributed by atoms with Crippen molar-refractivity contribution in [2.45, 2.75) is 35.8 Å². The zero-order valence-electron chi connectivity index (χ0n) is 9.29. The fourth-order valence-corrected chi connectivity index (χ4v) is 1.03. The smallest absolute Gasteiger partial charge is 0.192 e. The summed E-state index contributed by atoms with van der Waals surface area (Å²) in [4.78, 5) is 0. The lowest BCUT2D eigenvalue weighted by Crippen LogP contribution is -2.69. The van der Waals surface area contributed by atoms with E-state index >= 15 is 0 Å². The third kappa shape index (κ3) is 2.65. The second-order valence-corrected chi connectivity index (χ2v) is 3.78. The number of hydrogen-bond donors (Lipinski definition) is 0. The molecule has 0 spiro atoms. The van der Waals surface area contributed by atoms with Crippen LogP contribution in [0.1, 0.15) is 0 Å². The van der Waals surface area contributed by atoms with E-state index in [-0.39, 0.29) is 5.92 Å². The predicted molar refractivity (Wildman–Crippen MR) is 44.4 cm³/mol. The van der Waals surface area contributed by atoms with Crippen molar-refractivity contribution in [1.82, 2.24) is 0 Å². The zero-order valence-corrected chi connectivity index (χ0v) is 10.0. The lowest BCUT2D eigenvalue weighted by Gasteiger charge is -2.38. The van der Waals surface area contributed by atoms with E-state index in [1.54, 1.807) is 0 Å². The molecule has 0 N–H and O–H groups in total. The summed E-state index contributed by atoms with van der Waals surface area (Å²) in [7, 11) is 0. The van der Waals surface area contributed by atoms with E-state index < -0.39 is 35.8 Å². The van der Waals surface area contributed by atoms with Crippen molar-refractivity contribution in [3.05, 3.63) is 0 Å². The van der Waals surface area contributed by atoms with Crippen LogP contribution in [0.4, 0.5) is 57.1 Å². The first-order valence-corrected chi connectivity index (χ1v) is 4.77. The maximum absolute atomic E-state index is 12.8. The monoisotopic (exact) mass is 378 g/mol. The van der Waals surface area contributed by atoms with Crippen molar-refractivity contribution < 1.29 is 57.1 Å². The lowest BCUT2D eigenvalue weighted by molar-refractivity contribution is -0.435. The molecule has 0 rings (SSSR count). The first-order valence-electron chi connectivity index (χ1n) is 4.40. The molecule has 14 heteroatoms. The van der Waals surface area contributed by atoms with Gasteiger partial charge in [0.2, 0.25) is 0 Å². The molecule has 0 aliphatic heterocycles. The molecule has 0 radical (unpaired) electrons. The third-order valence-corrected chi connectivity index (χ3v) is 2.23. The Morgan fingerprint density at radius 1 is 0.500 bits per heavy atom. The Balaban J connectivity index is 6.27. The van der Waals surface area contributed by atoms with Gasteiger partial charge in [0.15, 0.2) is 0 Å². The summed E-state index contributed by atoms with van der Waals surface area (Å²) < 4.78 is 161. The van der Waals surface area contributed by atoms with E-state index in [1.165, 1.54) is 0 Å². The molecule has 0 aromatic carbocycles. The Morgan fingerprint density at radius 2 is 0.818 bits per heavy atom. The SMILES string of the molecule is FC(F)(F)C(F)(F)C(F)(F)C(F)(F)C(F)(F)C(F)(F)C#CCl. The summed E-state index contributed by atoms with van der Waals surface area (Å²) in [6.07, 6.45) is -7.43. The lowest BCUT2D eigenvalue weighted by atomic mass is 9.94. The van der Waals surface area contributed by atoms with Crippen LogP contribution in [0.3, 0.4) is 0 Å². The van der Waals surface area contributed by atoms with Gasteiger partial charge < -0.3 is 0 Å². The van der Waals surface area contributed by atoms with Gasteiger partial charge in [-0.1, -0.05) is 0 Å². The molecule has 0 amide bonds. The van der Waals surface area contributed by atoms with Gasteiger partial charge in [-0.2, -0.15) is 57.1 Å². The maximum Gasteiger partial charge on any atom is 0.460 e. The standard InChI is InChI=1S/C8ClF13/c9-2-1-3(10,11)4(12,13)5(14,15)6(16,17)7(18,19)8(20,21)22. The fourth-order valence-electron chi connectivity index (χ4n) is 0.907. The van der Waals surface area contributed by atoms with Crippen LogP contribution in [0, 0.1) is 11.3 Å². The average molecular weight is 379 g/mol. The molecule has 0 nitrogen and oxygen atoms in total. The molecule has 130 valence electrons. The maximum atomic E-state index is 12.8.